The quantitative estimate of drug-likeness (QED) is 0.544. The normalized spacial score (nSPS) is 33.9. The Hall–Kier alpha value is -0.540. The smallest absolute Gasteiger partial charge is 0.228 e. The van der Waals surface area contributed by atoms with Gasteiger partial charge in [0.05, 0.1) is 12.0 Å². The Labute approximate surface area is 71.6 Å². The first kappa shape index (κ1) is 8.56. The van der Waals surface area contributed by atoms with Gasteiger partial charge in [0.2, 0.25) is 5.91 Å². The highest BCUT2D eigenvalue weighted by molar-refractivity contribution is 5.85. The zero-order valence-corrected chi connectivity index (χ0v) is 7.07. The first-order valence-corrected chi connectivity index (χ1v) is 3.53. The first-order valence-electron chi connectivity index (χ1n) is 3.53. The standard InChI is InChI=1S/C7H10N2O.ClH/c1-4-6-5(2-3-8-6)9-7(4)10;/h2,4,6,8H,3H2,1H3,(H,9,10);1H/t4-,6+;/m0./s1. The summed E-state index contributed by atoms with van der Waals surface area (Å²) < 4.78 is 0. The molecule has 0 aromatic heterocycles. The molecule has 0 saturated carbocycles. The minimum Gasteiger partial charge on any atom is -0.328 e. The fraction of sp³-hybridized carbons (Fsp3) is 0.571. The Bertz CT molecular complexity index is 214. The van der Waals surface area contributed by atoms with Gasteiger partial charge in [-0.1, -0.05) is 6.92 Å². The molecule has 2 heterocycles. The van der Waals surface area contributed by atoms with Crippen molar-refractivity contribution in [2.75, 3.05) is 6.54 Å². The molecule has 0 radical (unpaired) electrons. The molecule has 3 nitrogen and oxygen atoms in total. The number of nitrogens with one attached hydrogen (secondary N) is 2. The molecule has 2 N–H and O–H groups in total. The Morgan fingerprint density at radius 1 is 1.64 bits per heavy atom. The molecular formula is C7H11ClN2O. The topological polar surface area (TPSA) is 41.1 Å². The van der Waals surface area contributed by atoms with Crippen LogP contribution in [0.5, 0.6) is 0 Å². The lowest BCUT2D eigenvalue weighted by atomic mass is 10.1. The number of carbonyl (C=O) groups excluding carboxylic acids is 1. The van der Waals surface area contributed by atoms with Gasteiger partial charge in [-0.2, -0.15) is 0 Å². The molecule has 62 valence electrons. The molecule has 2 rings (SSSR count). The van der Waals surface area contributed by atoms with Gasteiger partial charge in [-0.3, -0.25) is 4.79 Å². The highest BCUT2D eigenvalue weighted by Gasteiger charge is 2.36. The second-order valence-corrected chi connectivity index (χ2v) is 2.82. The molecule has 2 aliphatic heterocycles. The predicted octanol–water partition coefficient (Wildman–Crippen LogP) is 0.0298. The summed E-state index contributed by atoms with van der Waals surface area (Å²) in [5.74, 6) is 0.247. The van der Waals surface area contributed by atoms with E-state index in [9.17, 15) is 4.79 Å². The van der Waals surface area contributed by atoms with E-state index < -0.39 is 0 Å². The predicted molar refractivity (Wildman–Crippen MR) is 44.4 cm³/mol. The van der Waals surface area contributed by atoms with E-state index in [-0.39, 0.29) is 30.3 Å². The van der Waals surface area contributed by atoms with Crippen LogP contribution in [-0.2, 0) is 4.79 Å². The molecule has 0 aliphatic carbocycles. The minimum atomic E-state index is 0. The second kappa shape index (κ2) is 2.83. The van der Waals surface area contributed by atoms with Gasteiger partial charge in [-0.05, 0) is 6.08 Å². The highest BCUT2D eigenvalue weighted by Crippen LogP contribution is 2.21. The van der Waals surface area contributed by atoms with Crippen LogP contribution < -0.4 is 10.6 Å². The molecule has 11 heavy (non-hydrogen) atoms. The van der Waals surface area contributed by atoms with Crippen molar-refractivity contribution in [1.82, 2.24) is 10.6 Å². The second-order valence-electron chi connectivity index (χ2n) is 2.82. The van der Waals surface area contributed by atoms with Gasteiger partial charge in [0.1, 0.15) is 0 Å². The zero-order valence-electron chi connectivity index (χ0n) is 6.26. The lowest BCUT2D eigenvalue weighted by Crippen LogP contribution is -2.29. The van der Waals surface area contributed by atoms with Crippen molar-refractivity contribution in [3.8, 4) is 0 Å². The molecule has 0 aromatic carbocycles. The average molecular weight is 175 g/mol. The van der Waals surface area contributed by atoms with Crippen molar-refractivity contribution in [3.05, 3.63) is 11.8 Å². The summed E-state index contributed by atoms with van der Waals surface area (Å²) in [5, 5.41) is 6.05. The number of fused-ring (bicyclic) bond motifs is 1. The van der Waals surface area contributed by atoms with Gasteiger partial charge in [0.15, 0.2) is 0 Å². The van der Waals surface area contributed by atoms with Crippen molar-refractivity contribution in [1.29, 1.82) is 0 Å². The first-order chi connectivity index (χ1) is 4.79. The van der Waals surface area contributed by atoms with Crippen LogP contribution >= 0.6 is 12.4 Å². The molecule has 1 amide bonds. The summed E-state index contributed by atoms with van der Waals surface area (Å²) >= 11 is 0. The number of rotatable bonds is 0. The van der Waals surface area contributed by atoms with Gasteiger partial charge in [-0.15, -0.1) is 12.4 Å². The number of halogens is 1. The SMILES string of the molecule is C[C@@H]1C(=O)NC2=CCN[C@@H]21.Cl. The van der Waals surface area contributed by atoms with Crippen LogP contribution in [-0.4, -0.2) is 18.5 Å². The van der Waals surface area contributed by atoms with E-state index in [1.54, 1.807) is 0 Å². The molecule has 1 fully saturated rings. The van der Waals surface area contributed by atoms with Crippen LogP contribution in [0.15, 0.2) is 11.8 Å². The summed E-state index contributed by atoms with van der Waals surface area (Å²) in [4.78, 5) is 11.0. The van der Waals surface area contributed by atoms with Crippen LogP contribution in [0.4, 0.5) is 0 Å². The van der Waals surface area contributed by atoms with Crippen molar-refractivity contribution in [2.45, 2.75) is 13.0 Å². The van der Waals surface area contributed by atoms with E-state index in [1.807, 2.05) is 13.0 Å². The summed E-state index contributed by atoms with van der Waals surface area (Å²) in [5.41, 5.74) is 1.07. The maximum Gasteiger partial charge on any atom is 0.228 e. The number of amides is 1. The van der Waals surface area contributed by atoms with Gasteiger partial charge in [-0.25, -0.2) is 0 Å². The number of carbonyl (C=O) groups is 1. The van der Waals surface area contributed by atoms with E-state index in [4.69, 9.17) is 0 Å². The van der Waals surface area contributed by atoms with Crippen LogP contribution in [0.2, 0.25) is 0 Å². The molecule has 0 unspecified atom stereocenters. The fourth-order valence-corrected chi connectivity index (χ4v) is 1.52. The Kier molecular flexibility index (Phi) is 2.20. The largest absolute Gasteiger partial charge is 0.328 e. The van der Waals surface area contributed by atoms with E-state index in [0.29, 0.717) is 0 Å². The van der Waals surface area contributed by atoms with Gasteiger partial charge >= 0.3 is 0 Å². The van der Waals surface area contributed by atoms with Crippen molar-refractivity contribution < 1.29 is 4.79 Å². The van der Waals surface area contributed by atoms with Crippen LogP contribution in [0.1, 0.15) is 6.92 Å². The van der Waals surface area contributed by atoms with E-state index >= 15 is 0 Å². The minimum absolute atomic E-state index is 0. The summed E-state index contributed by atoms with van der Waals surface area (Å²) in [6.07, 6.45) is 2.03. The number of hydrogen-bond donors (Lipinski definition) is 2. The maximum atomic E-state index is 11.0. The Morgan fingerprint density at radius 2 is 2.36 bits per heavy atom. The summed E-state index contributed by atoms with van der Waals surface area (Å²) in [7, 11) is 0. The lowest BCUT2D eigenvalue weighted by molar-refractivity contribution is -0.122. The monoisotopic (exact) mass is 174 g/mol. The van der Waals surface area contributed by atoms with Gasteiger partial charge in [0.25, 0.3) is 0 Å². The maximum absolute atomic E-state index is 11.0. The third-order valence-electron chi connectivity index (χ3n) is 2.18. The Balaban J connectivity index is 0.000000605. The molecule has 1 saturated heterocycles. The van der Waals surface area contributed by atoms with Gasteiger partial charge in [0, 0.05) is 12.2 Å². The summed E-state index contributed by atoms with van der Waals surface area (Å²) in [6.45, 7) is 2.84. The summed E-state index contributed by atoms with van der Waals surface area (Å²) in [6, 6.07) is 0.271. The third-order valence-corrected chi connectivity index (χ3v) is 2.18. The van der Waals surface area contributed by atoms with Crippen LogP contribution in [0.3, 0.4) is 0 Å². The number of hydrogen-bond acceptors (Lipinski definition) is 2. The van der Waals surface area contributed by atoms with Crippen molar-refractivity contribution in [2.24, 2.45) is 5.92 Å². The zero-order chi connectivity index (χ0) is 7.14. The molecule has 2 atom stereocenters. The van der Waals surface area contributed by atoms with Crippen LogP contribution in [0, 0.1) is 5.92 Å². The Morgan fingerprint density at radius 3 is 3.00 bits per heavy atom. The lowest BCUT2D eigenvalue weighted by Gasteiger charge is -2.07. The van der Waals surface area contributed by atoms with Crippen LogP contribution in [0.25, 0.3) is 0 Å². The highest BCUT2D eigenvalue weighted by atomic mass is 35.5. The van der Waals surface area contributed by atoms with E-state index in [2.05, 4.69) is 10.6 Å². The molecule has 0 bridgehead atoms. The molecular weight excluding hydrogens is 164 g/mol. The molecule has 4 heteroatoms. The fourth-order valence-electron chi connectivity index (χ4n) is 1.52. The van der Waals surface area contributed by atoms with E-state index in [1.165, 1.54) is 0 Å². The van der Waals surface area contributed by atoms with Crippen molar-refractivity contribution in [3.63, 3.8) is 0 Å². The van der Waals surface area contributed by atoms with E-state index in [0.717, 1.165) is 12.2 Å². The van der Waals surface area contributed by atoms with Gasteiger partial charge < -0.3 is 10.6 Å². The molecule has 0 aromatic rings. The third kappa shape index (κ3) is 1.14. The van der Waals surface area contributed by atoms with Crippen molar-refractivity contribution >= 4 is 18.3 Å². The molecule has 2 aliphatic rings. The average Bonchev–Trinajstić information content (AvgIpc) is 2.41. The molecule has 0 spiro atoms.